The molecule has 2 aromatic carbocycles. The summed E-state index contributed by atoms with van der Waals surface area (Å²) in [6, 6.07) is 14.8. The molecule has 3 rings (SSSR count). The quantitative estimate of drug-likeness (QED) is 0.756. The van der Waals surface area contributed by atoms with Gasteiger partial charge in [0.05, 0.1) is 12.2 Å². The number of halogens is 3. The van der Waals surface area contributed by atoms with Crippen LogP contribution in [0.1, 0.15) is 37.0 Å². The summed E-state index contributed by atoms with van der Waals surface area (Å²) in [4.78, 5) is 2.24. The average molecular weight is 393 g/mol. The highest BCUT2D eigenvalue weighted by Gasteiger charge is 2.33. The van der Waals surface area contributed by atoms with Crippen LogP contribution in [-0.4, -0.2) is 35.7 Å². The highest BCUT2D eigenvalue weighted by molar-refractivity contribution is 5.29. The Morgan fingerprint density at radius 2 is 1.64 bits per heavy atom. The highest BCUT2D eigenvalue weighted by Crippen LogP contribution is 2.37. The van der Waals surface area contributed by atoms with Gasteiger partial charge in [-0.3, -0.25) is 4.90 Å². The Balaban J connectivity index is 1.80. The zero-order valence-electron chi connectivity index (χ0n) is 15.9. The largest absolute Gasteiger partial charge is 0.485 e. The molecule has 0 aliphatic carbocycles. The predicted molar refractivity (Wildman–Crippen MR) is 102 cm³/mol. The molecule has 1 aliphatic rings. The SMILES string of the molecule is C[C@@H](CO)N1CCC(C(Oc2ccccc2)c2ccc(C(F)(F)F)cc2)CC1. The molecular formula is C22H26F3NO2. The molecule has 0 saturated carbocycles. The second kappa shape index (κ2) is 8.97. The third kappa shape index (κ3) is 5.06. The number of hydrogen-bond acceptors (Lipinski definition) is 3. The van der Waals surface area contributed by atoms with Gasteiger partial charge in [-0.15, -0.1) is 0 Å². The van der Waals surface area contributed by atoms with Crippen LogP contribution in [0.3, 0.4) is 0 Å². The summed E-state index contributed by atoms with van der Waals surface area (Å²) in [5.74, 6) is 0.901. The van der Waals surface area contributed by atoms with Gasteiger partial charge in [-0.1, -0.05) is 30.3 Å². The van der Waals surface area contributed by atoms with Gasteiger partial charge in [-0.2, -0.15) is 13.2 Å². The van der Waals surface area contributed by atoms with Crippen molar-refractivity contribution in [1.29, 1.82) is 0 Å². The maximum absolute atomic E-state index is 12.9. The van der Waals surface area contributed by atoms with Gasteiger partial charge in [0, 0.05) is 12.0 Å². The van der Waals surface area contributed by atoms with Gasteiger partial charge in [-0.05, 0) is 62.7 Å². The minimum absolute atomic E-state index is 0.112. The Morgan fingerprint density at radius 3 is 2.18 bits per heavy atom. The molecule has 0 radical (unpaired) electrons. The fraction of sp³-hybridized carbons (Fsp3) is 0.455. The first-order valence-electron chi connectivity index (χ1n) is 9.62. The van der Waals surface area contributed by atoms with Crippen LogP contribution in [0.15, 0.2) is 54.6 Å². The average Bonchev–Trinajstić information content (AvgIpc) is 2.72. The molecule has 0 bridgehead atoms. The van der Waals surface area contributed by atoms with E-state index < -0.39 is 11.7 Å². The molecule has 1 aliphatic heterocycles. The summed E-state index contributed by atoms with van der Waals surface area (Å²) in [7, 11) is 0. The second-order valence-corrected chi connectivity index (χ2v) is 7.38. The molecule has 1 fully saturated rings. The lowest BCUT2D eigenvalue weighted by atomic mass is 9.86. The standard InChI is InChI=1S/C22H26F3NO2/c1-16(15-27)26-13-11-18(12-14-26)21(28-20-5-3-2-4-6-20)17-7-9-19(10-8-17)22(23,24)25/h2-10,16,18,21,27H,11-15H2,1H3/t16-,21?/m0/s1. The molecule has 152 valence electrons. The Labute approximate surface area is 163 Å². The molecule has 6 heteroatoms. The zero-order chi connectivity index (χ0) is 20.1. The summed E-state index contributed by atoms with van der Waals surface area (Å²) in [6.45, 7) is 3.78. The van der Waals surface area contributed by atoms with Crippen molar-refractivity contribution in [2.45, 2.75) is 38.1 Å². The first kappa shape index (κ1) is 20.7. The number of nitrogens with zero attached hydrogens (tertiary/aromatic N) is 1. The Hall–Kier alpha value is -2.05. The van der Waals surface area contributed by atoms with Gasteiger partial charge in [0.1, 0.15) is 11.9 Å². The third-order valence-corrected chi connectivity index (χ3v) is 5.46. The molecule has 0 amide bonds. The van der Waals surface area contributed by atoms with E-state index in [0.717, 1.165) is 43.6 Å². The van der Waals surface area contributed by atoms with Crippen molar-refractivity contribution < 1.29 is 23.0 Å². The van der Waals surface area contributed by atoms with E-state index in [0.29, 0.717) is 5.75 Å². The third-order valence-electron chi connectivity index (χ3n) is 5.46. The summed E-state index contributed by atoms with van der Waals surface area (Å²) < 4.78 is 45.0. The molecule has 1 N–H and O–H groups in total. The fourth-order valence-corrected chi connectivity index (χ4v) is 3.72. The van der Waals surface area contributed by atoms with Crippen molar-refractivity contribution in [1.82, 2.24) is 4.90 Å². The molecule has 28 heavy (non-hydrogen) atoms. The molecule has 1 heterocycles. The Morgan fingerprint density at radius 1 is 1.04 bits per heavy atom. The number of para-hydroxylation sites is 1. The predicted octanol–water partition coefficient (Wildman–Crippen LogP) is 4.92. The van der Waals surface area contributed by atoms with Crippen LogP contribution < -0.4 is 4.74 Å². The van der Waals surface area contributed by atoms with Crippen molar-refractivity contribution in [2.24, 2.45) is 5.92 Å². The van der Waals surface area contributed by atoms with Gasteiger partial charge in [0.25, 0.3) is 0 Å². The maximum Gasteiger partial charge on any atom is 0.416 e. The number of benzene rings is 2. The number of ether oxygens (including phenoxy) is 1. The van der Waals surface area contributed by atoms with Crippen molar-refractivity contribution in [3.63, 3.8) is 0 Å². The molecule has 2 atom stereocenters. The van der Waals surface area contributed by atoms with E-state index in [4.69, 9.17) is 4.74 Å². The molecular weight excluding hydrogens is 367 g/mol. The van der Waals surface area contributed by atoms with E-state index in [9.17, 15) is 18.3 Å². The fourth-order valence-electron chi connectivity index (χ4n) is 3.72. The van der Waals surface area contributed by atoms with E-state index >= 15 is 0 Å². The number of hydrogen-bond donors (Lipinski definition) is 1. The van der Waals surface area contributed by atoms with Crippen LogP contribution in [-0.2, 0) is 6.18 Å². The molecule has 2 aromatic rings. The van der Waals surface area contributed by atoms with E-state index in [2.05, 4.69) is 4.90 Å². The van der Waals surface area contributed by atoms with Crippen LogP contribution in [0.2, 0.25) is 0 Å². The Bertz CT molecular complexity index is 726. The summed E-state index contributed by atoms with van der Waals surface area (Å²) in [5, 5.41) is 9.37. The maximum atomic E-state index is 12.9. The lowest BCUT2D eigenvalue weighted by molar-refractivity contribution is -0.137. The minimum Gasteiger partial charge on any atom is -0.485 e. The number of rotatable bonds is 6. The van der Waals surface area contributed by atoms with Crippen LogP contribution in [0.4, 0.5) is 13.2 Å². The monoisotopic (exact) mass is 393 g/mol. The minimum atomic E-state index is -4.35. The molecule has 0 aromatic heterocycles. The molecule has 0 spiro atoms. The van der Waals surface area contributed by atoms with E-state index in [1.165, 1.54) is 12.1 Å². The van der Waals surface area contributed by atoms with Crippen LogP contribution >= 0.6 is 0 Å². The summed E-state index contributed by atoms with van der Waals surface area (Å²) >= 11 is 0. The number of piperidine rings is 1. The first-order chi connectivity index (χ1) is 13.4. The van der Waals surface area contributed by atoms with Gasteiger partial charge < -0.3 is 9.84 Å². The van der Waals surface area contributed by atoms with Crippen LogP contribution in [0, 0.1) is 5.92 Å². The first-order valence-corrected chi connectivity index (χ1v) is 9.62. The van der Waals surface area contributed by atoms with Gasteiger partial charge in [0.15, 0.2) is 0 Å². The van der Waals surface area contributed by atoms with Crippen molar-refractivity contribution >= 4 is 0 Å². The number of aliphatic hydroxyl groups is 1. The van der Waals surface area contributed by atoms with E-state index in [-0.39, 0.29) is 24.7 Å². The normalized spacial score (nSPS) is 18.6. The number of likely N-dealkylation sites (tertiary alicyclic amines) is 1. The highest BCUT2D eigenvalue weighted by atomic mass is 19.4. The van der Waals surface area contributed by atoms with Crippen molar-refractivity contribution in [3.05, 3.63) is 65.7 Å². The topological polar surface area (TPSA) is 32.7 Å². The lowest BCUT2D eigenvalue weighted by Crippen LogP contribution is -2.43. The summed E-state index contributed by atoms with van der Waals surface area (Å²) in [6.07, 6.45) is -2.93. The van der Waals surface area contributed by atoms with Gasteiger partial charge >= 0.3 is 6.18 Å². The van der Waals surface area contributed by atoms with Crippen molar-refractivity contribution in [3.8, 4) is 5.75 Å². The van der Waals surface area contributed by atoms with Crippen LogP contribution in [0.25, 0.3) is 0 Å². The van der Waals surface area contributed by atoms with E-state index in [1.807, 2.05) is 37.3 Å². The van der Waals surface area contributed by atoms with Gasteiger partial charge in [-0.25, -0.2) is 0 Å². The zero-order valence-corrected chi connectivity index (χ0v) is 15.9. The number of aliphatic hydroxyl groups excluding tert-OH is 1. The van der Waals surface area contributed by atoms with E-state index in [1.54, 1.807) is 0 Å². The lowest BCUT2D eigenvalue weighted by Gasteiger charge is -2.38. The molecule has 3 nitrogen and oxygen atoms in total. The van der Waals surface area contributed by atoms with Crippen LogP contribution in [0.5, 0.6) is 5.75 Å². The summed E-state index contributed by atoms with van der Waals surface area (Å²) in [5.41, 5.74) is 0.104. The van der Waals surface area contributed by atoms with Crippen molar-refractivity contribution in [2.75, 3.05) is 19.7 Å². The number of alkyl halides is 3. The second-order valence-electron chi connectivity index (χ2n) is 7.38. The Kier molecular flexibility index (Phi) is 6.62. The van der Waals surface area contributed by atoms with Gasteiger partial charge in [0.2, 0.25) is 0 Å². The molecule has 1 unspecified atom stereocenters. The molecule has 1 saturated heterocycles. The smallest absolute Gasteiger partial charge is 0.416 e.